The normalized spacial score (nSPS) is 26.5. The van der Waals surface area contributed by atoms with Gasteiger partial charge in [0.25, 0.3) is 0 Å². The maximum atomic E-state index is 9.79. The van der Waals surface area contributed by atoms with Gasteiger partial charge in [0.1, 0.15) is 0 Å². The van der Waals surface area contributed by atoms with Gasteiger partial charge in [0, 0.05) is 0 Å². The standard InChI is InChI=1S/C12H22O/c13-12(8-7-10-5-6-10)9-11-3-1-2-4-11/h10-13H,1-9H2. The minimum atomic E-state index is 0.0173. The van der Waals surface area contributed by atoms with Crippen LogP contribution in [0.2, 0.25) is 0 Å². The van der Waals surface area contributed by atoms with E-state index in [1.807, 2.05) is 0 Å². The lowest BCUT2D eigenvalue weighted by Crippen LogP contribution is -2.11. The van der Waals surface area contributed by atoms with Crippen LogP contribution in [0, 0.1) is 11.8 Å². The van der Waals surface area contributed by atoms with E-state index in [4.69, 9.17) is 0 Å². The molecule has 2 fully saturated rings. The molecule has 0 aromatic carbocycles. The molecule has 0 aromatic heterocycles. The maximum absolute atomic E-state index is 9.79. The summed E-state index contributed by atoms with van der Waals surface area (Å²) < 4.78 is 0. The Labute approximate surface area is 81.5 Å². The molecule has 2 aliphatic carbocycles. The molecule has 2 saturated carbocycles. The molecule has 0 amide bonds. The number of hydrogen-bond acceptors (Lipinski definition) is 1. The van der Waals surface area contributed by atoms with Crippen molar-refractivity contribution in [2.24, 2.45) is 11.8 Å². The Morgan fingerprint density at radius 2 is 1.69 bits per heavy atom. The monoisotopic (exact) mass is 182 g/mol. The average molecular weight is 182 g/mol. The third kappa shape index (κ3) is 3.30. The Kier molecular flexibility index (Phi) is 3.26. The first-order valence-electron chi connectivity index (χ1n) is 6.02. The third-order valence-electron chi connectivity index (χ3n) is 3.69. The van der Waals surface area contributed by atoms with Gasteiger partial charge >= 0.3 is 0 Å². The fraction of sp³-hybridized carbons (Fsp3) is 1.00. The van der Waals surface area contributed by atoms with E-state index in [-0.39, 0.29) is 6.10 Å². The summed E-state index contributed by atoms with van der Waals surface area (Å²) in [6.45, 7) is 0. The summed E-state index contributed by atoms with van der Waals surface area (Å²) in [5.74, 6) is 1.84. The largest absolute Gasteiger partial charge is 0.393 e. The Bertz CT molecular complexity index is 145. The zero-order chi connectivity index (χ0) is 9.10. The molecule has 0 aromatic rings. The molecule has 2 aliphatic rings. The lowest BCUT2D eigenvalue weighted by atomic mass is 9.97. The molecule has 0 bridgehead atoms. The highest BCUT2D eigenvalue weighted by atomic mass is 16.3. The summed E-state index contributed by atoms with van der Waals surface area (Å²) in [5.41, 5.74) is 0. The first-order chi connectivity index (χ1) is 6.34. The Morgan fingerprint density at radius 3 is 2.31 bits per heavy atom. The smallest absolute Gasteiger partial charge is 0.0543 e. The molecule has 1 heteroatoms. The fourth-order valence-corrected chi connectivity index (χ4v) is 2.58. The van der Waals surface area contributed by atoms with E-state index in [2.05, 4.69) is 0 Å². The van der Waals surface area contributed by atoms with Gasteiger partial charge in [-0.05, 0) is 31.1 Å². The van der Waals surface area contributed by atoms with Crippen molar-refractivity contribution in [3.63, 3.8) is 0 Å². The number of aliphatic hydroxyl groups excluding tert-OH is 1. The van der Waals surface area contributed by atoms with E-state index >= 15 is 0 Å². The summed E-state index contributed by atoms with van der Waals surface area (Å²) in [5, 5.41) is 9.79. The highest BCUT2D eigenvalue weighted by molar-refractivity contribution is 4.76. The second-order valence-corrected chi connectivity index (χ2v) is 5.06. The quantitative estimate of drug-likeness (QED) is 0.692. The van der Waals surface area contributed by atoms with Gasteiger partial charge < -0.3 is 5.11 Å². The Balaban J connectivity index is 1.56. The lowest BCUT2D eigenvalue weighted by Gasteiger charge is -2.14. The minimum absolute atomic E-state index is 0.0173. The van der Waals surface area contributed by atoms with E-state index in [1.165, 1.54) is 44.9 Å². The molecule has 2 rings (SSSR count). The van der Waals surface area contributed by atoms with Crippen molar-refractivity contribution in [3.8, 4) is 0 Å². The highest BCUT2D eigenvalue weighted by Crippen LogP contribution is 2.35. The van der Waals surface area contributed by atoms with Crippen molar-refractivity contribution >= 4 is 0 Å². The van der Waals surface area contributed by atoms with Crippen LogP contribution in [0.25, 0.3) is 0 Å². The number of aliphatic hydroxyl groups is 1. The third-order valence-corrected chi connectivity index (χ3v) is 3.69. The van der Waals surface area contributed by atoms with Crippen molar-refractivity contribution in [2.75, 3.05) is 0 Å². The molecular weight excluding hydrogens is 160 g/mol. The fourth-order valence-electron chi connectivity index (χ4n) is 2.58. The van der Waals surface area contributed by atoms with Crippen LogP contribution >= 0.6 is 0 Å². The predicted molar refractivity (Wildman–Crippen MR) is 54.5 cm³/mol. The molecule has 1 unspecified atom stereocenters. The van der Waals surface area contributed by atoms with Crippen LogP contribution in [0.5, 0.6) is 0 Å². The summed E-state index contributed by atoms with van der Waals surface area (Å²) in [6, 6.07) is 0. The minimum Gasteiger partial charge on any atom is -0.393 e. The van der Waals surface area contributed by atoms with E-state index < -0.39 is 0 Å². The topological polar surface area (TPSA) is 20.2 Å². The van der Waals surface area contributed by atoms with Crippen molar-refractivity contribution in [1.82, 2.24) is 0 Å². The molecule has 1 atom stereocenters. The zero-order valence-electron chi connectivity index (χ0n) is 8.54. The number of hydrogen-bond donors (Lipinski definition) is 1. The van der Waals surface area contributed by atoms with Crippen molar-refractivity contribution in [3.05, 3.63) is 0 Å². The van der Waals surface area contributed by atoms with Crippen LogP contribution in [-0.4, -0.2) is 11.2 Å². The molecule has 13 heavy (non-hydrogen) atoms. The molecule has 76 valence electrons. The van der Waals surface area contributed by atoms with Crippen molar-refractivity contribution in [1.29, 1.82) is 0 Å². The van der Waals surface area contributed by atoms with E-state index in [9.17, 15) is 5.11 Å². The SMILES string of the molecule is OC(CCC1CC1)CC1CCCC1. The van der Waals surface area contributed by atoms with Crippen molar-refractivity contribution < 1.29 is 5.11 Å². The lowest BCUT2D eigenvalue weighted by molar-refractivity contribution is 0.129. The first kappa shape index (κ1) is 9.51. The predicted octanol–water partition coefficient (Wildman–Crippen LogP) is 3.12. The van der Waals surface area contributed by atoms with Crippen LogP contribution in [0.3, 0.4) is 0 Å². The van der Waals surface area contributed by atoms with Crippen LogP contribution < -0.4 is 0 Å². The summed E-state index contributed by atoms with van der Waals surface area (Å²) in [7, 11) is 0. The molecule has 0 saturated heterocycles. The Morgan fingerprint density at radius 1 is 1.00 bits per heavy atom. The molecule has 1 N–H and O–H groups in total. The van der Waals surface area contributed by atoms with Crippen LogP contribution in [-0.2, 0) is 0 Å². The van der Waals surface area contributed by atoms with Gasteiger partial charge in [0.05, 0.1) is 6.10 Å². The second-order valence-electron chi connectivity index (χ2n) is 5.06. The second kappa shape index (κ2) is 4.45. The Hall–Kier alpha value is -0.0400. The molecular formula is C12H22O. The molecule has 1 nitrogen and oxygen atoms in total. The molecule has 0 spiro atoms. The van der Waals surface area contributed by atoms with Gasteiger partial charge in [0.15, 0.2) is 0 Å². The van der Waals surface area contributed by atoms with Gasteiger partial charge in [-0.2, -0.15) is 0 Å². The van der Waals surface area contributed by atoms with Gasteiger partial charge in [-0.1, -0.05) is 38.5 Å². The number of rotatable bonds is 5. The van der Waals surface area contributed by atoms with E-state index in [0.717, 1.165) is 24.7 Å². The summed E-state index contributed by atoms with van der Waals surface area (Å²) >= 11 is 0. The van der Waals surface area contributed by atoms with Crippen molar-refractivity contribution in [2.45, 2.75) is 63.9 Å². The zero-order valence-corrected chi connectivity index (χ0v) is 8.54. The van der Waals surface area contributed by atoms with Crippen LogP contribution in [0.4, 0.5) is 0 Å². The summed E-state index contributed by atoms with van der Waals surface area (Å²) in [6.07, 6.45) is 11.9. The van der Waals surface area contributed by atoms with Crippen LogP contribution in [0.1, 0.15) is 57.8 Å². The summed E-state index contributed by atoms with van der Waals surface area (Å²) in [4.78, 5) is 0. The van der Waals surface area contributed by atoms with Crippen LogP contribution in [0.15, 0.2) is 0 Å². The molecule has 0 aliphatic heterocycles. The van der Waals surface area contributed by atoms with E-state index in [0.29, 0.717) is 0 Å². The van der Waals surface area contributed by atoms with Gasteiger partial charge in [0.2, 0.25) is 0 Å². The molecule has 0 heterocycles. The van der Waals surface area contributed by atoms with Gasteiger partial charge in [-0.15, -0.1) is 0 Å². The van der Waals surface area contributed by atoms with Gasteiger partial charge in [-0.25, -0.2) is 0 Å². The molecule has 0 radical (unpaired) electrons. The van der Waals surface area contributed by atoms with Gasteiger partial charge in [-0.3, -0.25) is 0 Å². The highest BCUT2D eigenvalue weighted by Gasteiger charge is 2.23. The first-order valence-corrected chi connectivity index (χ1v) is 6.02. The maximum Gasteiger partial charge on any atom is 0.0543 e. The average Bonchev–Trinajstić information content (AvgIpc) is 2.82. The van der Waals surface area contributed by atoms with E-state index in [1.54, 1.807) is 0 Å².